The van der Waals surface area contributed by atoms with E-state index in [2.05, 4.69) is 11.5 Å². The maximum absolute atomic E-state index is 11.0. The van der Waals surface area contributed by atoms with Gasteiger partial charge < -0.3 is 9.67 Å². The van der Waals surface area contributed by atoms with Gasteiger partial charge in [-0.2, -0.15) is 0 Å². The highest BCUT2D eigenvalue weighted by atomic mass is 16.4. The minimum atomic E-state index is -0.885. The normalized spacial score (nSPS) is 25.7. The van der Waals surface area contributed by atoms with Crippen LogP contribution in [0.4, 0.5) is 0 Å². The van der Waals surface area contributed by atoms with Crippen LogP contribution in [-0.4, -0.2) is 20.6 Å². The molecule has 2 saturated carbocycles. The third-order valence-electron chi connectivity index (χ3n) is 4.30. The van der Waals surface area contributed by atoms with Gasteiger partial charge in [0.05, 0.1) is 16.6 Å². The average Bonchev–Trinajstić information content (AvgIpc) is 3.29. The number of rotatable bonds is 3. The topological polar surface area (TPSA) is 55.1 Å². The number of hydrogen-bond acceptors (Lipinski definition) is 2. The molecule has 19 heavy (non-hydrogen) atoms. The lowest BCUT2D eigenvalue weighted by Crippen LogP contribution is -2.01. The average molecular weight is 256 g/mol. The van der Waals surface area contributed by atoms with Crippen LogP contribution in [0.2, 0.25) is 0 Å². The molecule has 2 fully saturated rings. The van der Waals surface area contributed by atoms with Gasteiger partial charge in [0, 0.05) is 12.0 Å². The molecule has 2 aromatic rings. The Labute approximate surface area is 111 Å². The van der Waals surface area contributed by atoms with Crippen molar-refractivity contribution in [3.8, 4) is 0 Å². The van der Waals surface area contributed by atoms with E-state index in [1.807, 2.05) is 6.07 Å². The zero-order valence-electron chi connectivity index (χ0n) is 10.8. The summed E-state index contributed by atoms with van der Waals surface area (Å²) < 4.78 is 2.36. The van der Waals surface area contributed by atoms with E-state index in [4.69, 9.17) is 10.1 Å². The van der Waals surface area contributed by atoms with Crippen LogP contribution in [0.5, 0.6) is 0 Å². The molecule has 1 N–H and O–H groups in total. The van der Waals surface area contributed by atoms with Crippen LogP contribution < -0.4 is 0 Å². The number of fused-ring (bicyclic) bond motifs is 1. The van der Waals surface area contributed by atoms with Gasteiger partial charge in [-0.1, -0.05) is 6.92 Å². The van der Waals surface area contributed by atoms with Gasteiger partial charge in [0.15, 0.2) is 0 Å². The highest BCUT2D eigenvalue weighted by Crippen LogP contribution is 2.49. The second kappa shape index (κ2) is 3.59. The number of carbonyl (C=O) groups is 1. The molecule has 98 valence electrons. The first-order valence-electron chi connectivity index (χ1n) is 6.90. The Balaban J connectivity index is 1.91. The van der Waals surface area contributed by atoms with Crippen LogP contribution in [0.15, 0.2) is 18.2 Å². The maximum atomic E-state index is 11.0. The number of aromatic nitrogens is 2. The standard InChI is InChI=1S/C15H16N2O2/c1-8-6-13(8)17-12-5-4-10(15(18)19)7-11(12)16-14(17)9-2-3-9/h4-5,7-9,13H,2-3,6H2,1H3,(H,18,19). The molecule has 1 aromatic heterocycles. The number of nitrogens with zero attached hydrogens (tertiary/aromatic N) is 2. The molecule has 4 heteroatoms. The number of aromatic carboxylic acids is 1. The van der Waals surface area contributed by atoms with E-state index >= 15 is 0 Å². The summed E-state index contributed by atoms with van der Waals surface area (Å²) in [6, 6.07) is 5.87. The fourth-order valence-corrected chi connectivity index (χ4v) is 2.89. The second-order valence-corrected chi connectivity index (χ2v) is 5.90. The summed E-state index contributed by atoms with van der Waals surface area (Å²) in [6.07, 6.45) is 3.65. The molecule has 0 saturated heterocycles. The van der Waals surface area contributed by atoms with Crippen molar-refractivity contribution >= 4 is 17.0 Å². The van der Waals surface area contributed by atoms with Crippen molar-refractivity contribution in [3.63, 3.8) is 0 Å². The quantitative estimate of drug-likeness (QED) is 0.917. The molecule has 0 amide bonds. The van der Waals surface area contributed by atoms with Crippen LogP contribution in [0.1, 0.15) is 54.3 Å². The zero-order valence-corrected chi connectivity index (χ0v) is 10.8. The van der Waals surface area contributed by atoms with Crippen LogP contribution >= 0.6 is 0 Å². The zero-order chi connectivity index (χ0) is 13.1. The Morgan fingerprint density at radius 1 is 1.42 bits per heavy atom. The van der Waals surface area contributed by atoms with E-state index in [1.54, 1.807) is 12.1 Å². The predicted molar refractivity (Wildman–Crippen MR) is 71.5 cm³/mol. The number of carboxylic acid groups (broad SMARTS) is 1. The van der Waals surface area contributed by atoms with Gasteiger partial charge in [-0.05, 0) is 43.4 Å². The number of carboxylic acids is 1. The third kappa shape index (κ3) is 1.66. The number of hydrogen-bond donors (Lipinski definition) is 1. The Morgan fingerprint density at radius 2 is 2.16 bits per heavy atom. The first kappa shape index (κ1) is 11.0. The molecule has 4 rings (SSSR count). The van der Waals surface area contributed by atoms with E-state index in [1.165, 1.54) is 25.1 Å². The Bertz CT molecular complexity index is 685. The van der Waals surface area contributed by atoms with Crippen LogP contribution in [-0.2, 0) is 0 Å². The fraction of sp³-hybridized carbons (Fsp3) is 0.467. The highest BCUT2D eigenvalue weighted by Gasteiger charge is 2.40. The van der Waals surface area contributed by atoms with E-state index in [0.29, 0.717) is 23.4 Å². The molecule has 2 unspecified atom stereocenters. The van der Waals surface area contributed by atoms with Crippen LogP contribution in [0.25, 0.3) is 11.0 Å². The van der Waals surface area contributed by atoms with Crippen molar-refractivity contribution < 1.29 is 9.90 Å². The lowest BCUT2D eigenvalue weighted by Gasteiger charge is -2.07. The van der Waals surface area contributed by atoms with E-state index in [0.717, 1.165) is 11.0 Å². The Kier molecular flexibility index (Phi) is 2.08. The number of benzene rings is 1. The van der Waals surface area contributed by atoms with Crippen LogP contribution in [0.3, 0.4) is 0 Å². The summed E-state index contributed by atoms with van der Waals surface area (Å²) in [5, 5.41) is 9.07. The fourth-order valence-electron chi connectivity index (χ4n) is 2.89. The largest absolute Gasteiger partial charge is 0.478 e. The molecule has 0 bridgehead atoms. The molecule has 2 atom stereocenters. The van der Waals surface area contributed by atoms with Gasteiger partial charge in [0.1, 0.15) is 5.82 Å². The minimum Gasteiger partial charge on any atom is -0.478 e. The van der Waals surface area contributed by atoms with E-state index < -0.39 is 5.97 Å². The molecular weight excluding hydrogens is 240 g/mol. The third-order valence-corrected chi connectivity index (χ3v) is 4.30. The summed E-state index contributed by atoms with van der Waals surface area (Å²) in [5.41, 5.74) is 2.26. The van der Waals surface area contributed by atoms with Crippen molar-refractivity contribution in [1.82, 2.24) is 9.55 Å². The maximum Gasteiger partial charge on any atom is 0.335 e. The summed E-state index contributed by atoms with van der Waals surface area (Å²) in [4.78, 5) is 15.8. The van der Waals surface area contributed by atoms with Crippen molar-refractivity contribution in [2.24, 2.45) is 5.92 Å². The molecule has 4 nitrogen and oxygen atoms in total. The van der Waals surface area contributed by atoms with Crippen molar-refractivity contribution in [1.29, 1.82) is 0 Å². The van der Waals surface area contributed by atoms with Crippen molar-refractivity contribution in [2.75, 3.05) is 0 Å². The molecule has 0 aliphatic heterocycles. The molecule has 0 spiro atoms. The number of imidazole rings is 1. The Morgan fingerprint density at radius 3 is 2.74 bits per heavy atom. The van der Waals surface area contributed by atoms with E-state index in [-0.39, 0.29) is 0 Å². The van der Waals surface area contributed by atoms with Gasteiger partial charge in [0.25, 0.3) is 0 Å². The molecule has 0 radical (unpaired) electrons. The van der Waals surface area contributed by atoms with Crippen LogP contribution in [0, 0.1) is 5.92 Å². The molecule has 1 heterocycles. The lowest BCUT2D eigenvalue weighted by atomic mass is 10.2. The van der Waals surface area contributed by atoms with Gasteiger partial charge in [-0.25, -0.2) is 9.78 Å². The van der Waals surface area contributed by atoms with Gasteiger partial charge in [-0.15, -0.1) is 0 Å². The summed E-state index contributed by atoms with van der Waals surface area (Å²) in [5.74, 6) is 1.60. The first-order chi connectivity index (χ1) is 9.15. The molecule has 2 aliphatic carbocycles. The SMILES string of the molecule is CC1CC1n1c(C2CC2)nc2cc(C(=O)O)ccc21. The summed E-state index contributed by atoms with van der Waals surface area (Å²) in [7, 11) is 0. The molecular formula is C15H16N2O2. The Hall–Kier alpha value is -1.84. The van der Waals surface area contributed by atoms with E-state index in [9.17, 15) is 4.79 Å². The van der Waals surface area contributed by atoms with Gasteiger partial charge in [0.2, 0.25) is 0 Å². The minimum absolute atomic E-state index is 0.323. The second-order valence-electron chi connectivity index (χ2n) is 5.90. The lowest BCUT2D eigenvalue weighted by molar-refractivity contribution is 0.0697. The smallest absolute Gasteiger partial charge is 0.335 e. The van der Waals surface area contributed by atoms with Gasteiger partial charge >= 0.3 is 5.97 Å². The van der Waals surface area contributed by atoms with Crippen molar-refractivity contribution in [2.45, 2.75) is 38.1 Å². The molecule has 2 aliphatic rings. The molecule has 1 aromatic carbocycles. The van der Waals surface area contributed by atoms with Crippen molar-refractivity contribution in [3.05, 3.63) is 29.6 Å². The summed E-state index contributed by atoms with van der Waals surface area (Å²) >= 11 is 0. The highest BCUT2D eigenvalue weighted by molar-refractivity contribution is 5.92. The predicted octanol–water partition coefficient (Wildman–Crippen LogP) is 3.19. The van der Waals surface area contributed by atoms with Gasteiger partial charge in [-0.3, -0.25) is 0 Å². The summed E-state index contributed by atoms with van der Waals surface area (Å²) in [6.45, 7) is 2.26. The first-order valence-corrected chi connectivity index (χ1v) is 6.90. The monoisotopic (exact) mass is 256 g/mol.